The lowest BCUT2D eigenvalue weighted by atomic mass is 9.85. The number of hydrogen-bond acceptors (Lipinski definition) is 4. The number of nitrogens with one attached hydrogen (secondary N) is 3. The van der Waals surface area contributed by atoms with E-state index in [9.17, 15) is 18.8 Å². The fourth-order valence-electron chi connectivity index (χ4n) is 3.57. The molecule has 29 heavy (non-hydrogen) atoms. The lowest BCUT2D eigenvalue weighted by Gasteiger charge is -2.31. The fourth-order valence-corrected chi connectivity index (χ4v) is 3.57. The Bertz CT molecular complexity index is 888. The highest BCUT2D eigenvalue weighted by atomic mass is 19.1. The van der Waals surface area contributed by atoms with Crippen molar-refractivity contribution in [2.75, 3.05) is 19.0 Å². The zero-order valence-corrected chi connectivity index (χ0v) is 16.4. The van der Waals surface area contributed by atoms with Gasteiger partial charge in [0, 0.05) is 31.7 Å². The van der Waals surface area contributed by atoms with E-state index in [0.717, 1.165) is 0 Å². The number of carbonyl (C=O) groups is 3. The van der Waals surface area contributed by atoms with Crippen molar-refractivity contribution < 1.29 is 18.8 Å². The summed E-state index contributed by atoms with van der Waals surface area (Å²) < 4.78 is 13.1. The molecule has 1 saturated carbocycles. The summed E-state index contributed by atoms with van der Waals surface area (Å²) in [6.07, 6.45) is 3.90. The average molecular weight is 401 g/mol. The van der Waals surface area contributed by atoms with Crippen LogP contribution >= 0.6 is 0 Å². The molecule has 1 fully saturated rings. The summed E-state index contributed by atoms with van der Waals surface area (Å²) in [4.78, 5) is 45.1. The molecule has 3 N–H and O–H groups in total. The van der Waals surface area contributed by atoms with Crippen molar-refractivity contribution >= 4 is 23.4 Å². The van der Waals surface area contributed by atoms with E-state index in [0.29, 0.717) is 31.4 Å². The Kier molecular flexibility index (Phi) is 6.26. The fraction of sp³-hybridized carbons (Fsp3) is 0.400. The van der Waals surface area contributed by atoms with Gasteiger partial charge in [-0.15, -0.1) is 0 Å². The van der Waals surface area contributed by atoms with Crippen LogP contribution in [0.3, 0.4) is 0 Å². The molecular weight excluding hydrogens is 377 g/mol. The van der Waals surface area contributed by atoms with Gasteiger partial charge in [0.15, 0.2) is 5.69 Å². The van der Waals surface area contributed by atoms with Crippen molar-refractivity contribution in [1.82, 2.24) is 20.6 Å². The Morgan fingerprint density at radius 3 is 2.38 bits per heavy atom. The lowest BCUT2D eigenvalue weighted by Crippen LogP contribution is -2.42. The topological polar surface area (TPSA) is 107 Å². The van der Waals surface area contributed by atoms with E-state index in [1.807, 2.05) is 0 Å². The number of benzene rings is 1. The van der Waals surface area contributed by atoms with Crippen LogP contribution in [0.15, 0.2) is 30.6 Å². The van der Waals surface area contributed by atoms with Gasteiger partial charge in [0.25, 0.3) is 11.8 Å². The van der Waals surface area contributed by atoms with Crippen LogP contribution in [0.25, 0.3) is 0 Å². The predicted molar refractivity (Wildman–Crippen MR) is 105 cm³/mol. The number of imidazole rings is 1. The third-order valence-corrected chi connectivity index (χ3v) is 5.26. The number of amides is 3. The number of aromatic amines is 1. The molecule has 1 aromatic carbocycles. The maximum Gasteiger partial charge on any atom is 0.272 e. The summed E-state index contributed by atoms with van der Waals surface area (Å²) in [6, 6.07) is 5.73. The van der Waals surface area contributed by atoms with E-state index in [1.54, 1.807) is 24.1 Å². The molecule has 0 bridgehead atoms. The van der Waals surface area contributed by atoms with Gasteiger partial charge in [0.1, 0.15) is 11.5 Å². The molecule has 2 aromatic rings. The van der Waals surface area contributed by atoms with Crippen LogP contribution in [0.1, 0.15) is 46.7 Å². The number of aromatic nitrogens is 2. The summed E-state index contributed by atoms with van der Waals surface area (Å²) >= 11 is 0. The normalized spacial score (nSPS) is 18.7. The van der Waals surface area contributed by atoms with Crippen molar-refractivity contribution in [1.29, 1.82) is 0 Å². The first-order valence-corrected chi connectivity index (χ1v) is 9.50. The molecular formula is C20H24FN5O3. The first-order valence-electron chi connectivity index (χ1n) is 9.50. The van der Waals surface area contributed by atoms with Crippen molar-refractivity contribution in [2.45, 2.75) is 31.7 Å². The van der Waals surface area contributed by atoms with E-state index in [-0.39, 0.29) is 41.0 Å². The number of H-pyrrole nitrogens is 1. The van der Waals surface area contributed by atoms with Crippen LogP contribution in [0.5, 0.6) is 0 Å². The zero-order chi connectivity index (χ0) is 21.0. The Morgan fingerprint density at radius 1 is 1.10 bits per heavy atom. The van der Waals surface area contributed by atoms with Crippen LogP contribution in [0.4, 0.5) is 10.1 Å². The molecule has 0 saturated heterocycles. The summed E-state index contributed by atoms with van der Waals surface area (Å²) in [5.74, 6) is -1.33. The highest BCUT2D eigenvalue weighted by Crippen LogP contribution is 2.28. The van der Waals surface area contributed by atoms with Crippen molar-refractivity contribution in [3.8, 4) is 0 Å². The standard InChI is InChI=1S/C20H24FN5O3/c1-22-18(27)16-17(24-11-23-16)19(28)25-14-7-3-12(4-8-14)20(29)26(2)15-9-5-13(21)6-10-15/h5-6,9-12,14H,3-4,7-8H2,1-2H3,(H,22,27)(H,23,24)(H,25,28)/t12-,14-. The summed E-state index contributed by atoms with van der Waals surface area (Å²) in [6.45, 7) is 0. The predicted octanol–water partition coefficient (Wildman–Crippen LogP) is 1.86. The van der Waals surface area contributed by atoms with Gasteiger partial charge in [0.05, 0.1) is 6.33 Å². The minimum absolute atomic E-state index is 0.0168. The minimum atomic E-state index is -0.436. The number of anilines is 1. The lowest BCUT2D eigenvalue weighted by molar-refractivity contribution is -0.123. The van der Waals surface area contributed by atoms with Crippen LogP contribution < -0.4 is 15.5 Å². The van der Waals surface area contributed by atoms with Gasteiger partial charge in [-0.1, -0.05) is 0 Å². The molecule has 1 aromatic heterocycles. The largest absolute Gasteiger partial charge is 0.354 e. The monoisotopic (exact) mass is 401 g/mol. The summed E-state index contributed by atoms with van der Waals surface area (Å²) in [5.41, 5.74) is 0.821. The highest BCUT2D eigenvalue weighted by molar-refractivity contribution is 6.04. The number of halogens is 1. The van der Waals surface area contributed by atoms with Gasteiger partial charge in [0.2, 0.25) is 5.91 Å². The van der Waals surface area contributed by atoms with Gasteiger partial charge in [-0.05, 0) is 49.9 Å². The minimum Gasteiger partial charge on any atom is -0.354 e. The van der Waals surface area contributed by atoms with Gasteiger partial charge < -0.3 is 20.5 Å². The summed E-state index contributed by atoms with van der Waals surface area (Å²) in [5, 5.41) is 5.36. The Morgan fingerprint density at radius 2 is 1.76 bits per heavy atom. The third kappa shape index (κ3) is 4.61. The van der Waals surface area contributed by atoms with Gasteiger partial charge in [-0.3, -0.25) is 14.4 Å². The van der Waals surface area contributed by atoms with Crippen molar-refractivity contribution in [2.24, 2.45) is 5.92 Å². The van der Waals surface area contributed by atoms with Gasteiger partial charge in [-0.2, -0.15) is 0 Å². The quantitative estimate of drug-likeness (QED) is 0.711. The molecule has 1 aliphatic rings. The number of nitrogens with zero attached hydrogens (tertiary/aromatic N) is 2. The third-order valence-electron chi connectivity index (χ3n) is 5.26. The molecule has 1 aliphatic carbocycles. The molecule has 0 unspecified atom stereocenters. The van der Waals surface area contributed by atoms with Gasteiger partial charge in [-0.25, -0.2) is 9.37 Å². The van der Waals surface area contributed by atoms with Crippen molar-refractivity contribution in [3.63, 3.8) is 0 Å². The second-order valence-electron chi connectivity index (χ2n) is 7.10. The van der Waals surface area contributed by atoms with Crippen LogP contribution in [0.2, 0.25) is 0 Å². The first-order chi connectivity index (χ1) is 13.9. The smallest absolute Gasteiger partial charge is 0.272 e. The second-order valence-corrected chi connectivity index (χ2v) is 7.10. The van der Waals surface area contributed by atoms with Crippen LogP contribution in [-0.4, -0.2) is 47.8 Å². The molecule has 0 radical (unpaired) electrons. The van der Waals surface area contributed by atoms with E-state index in [1.165, 1.54) is 25.5 Å². The van der Waals surface area contributed by atoms with Crippen LogP contribution in [0, 0.1) is 11.7 Å². The number of carbonyl (C=O) groups excluding carboxylic acids is 3. The molecule has 0 spiro atoms. The first kappa shape index (κ1) is 20.5. The number of hydrogen-bond donors (Lipinski definition) is 3. The molecule has 3 rings (SSSR count). The zero-order valence-electron chi connectivity index (χ0n) is 16.4. The van der Waals surface area contributed by atoms with E-state index >= 15 is 0 Å². The van der Waals surface area contributed by atoms with Crippen LogP contribution in [-0.2, 0) is 4.79 Å². The molecule has 9 heteroatoms. The molecule has 154 valence electrons. The second kappa shape index (κ2) is 8.85. The summed E-state index contributed by atoms with van der Waals surface area (Å²) in [7, 11) is 3.15. The molecule has 8 nitrogen and oxygen atoms in total. The Labute approximate surface area is 167 Å². The maximum atomic E-state index is 13.1. The molecule has 0 atom stereocenters. The molecule has 3 amide bonds. The van der Waals surface area contributed by atoms with E-state index in [4.69, 9.17) is 0 Å². The SMILES string of the molecule is CNC(=O)c1nc[nH]c1C(=O)N[C@H]1CC[C@H](C(=O)N(C)c2ccc(F)cc2)CC1. The average Bonchev–Trinajstić information content (AvgIpc) is 3.23. The van der Waals surface area contributed by atoms with Crippen molar-refractivity contribution in [3.05, 3.63) is 47.8 Å². The van der Waals surface area contributed by atoms with Gasteiger partial charge >= 0.3 is 0 Å². The Balaban J connectivity index is 1.54. The van der Waals surface area contributed by atoms with E-state index in [2.05, 4.69) is 20.6 Å². The molecule has 1 heterocycles. The highest BCUT2D eigenvalue weighted by Gasteiger charge is 2.30. The Hall–Kier alpha value is -3.23. The molecule has 0 aliphatic heterocycles. The van der Waals surface area contributed by atoms with E-state index < -0.39 is 5.91 Å². The number of rotatable bonds is 5. The maximum absolute atomic E-state index is 13.1.